The van der Waals surface area contributed by atoms with Crippen LogP contribution in [0.4, 0.5) is 11.6 Å². The molecule has 4 rings (SSSR count). The average Bonchev–Trinajstić information content (AvgIpc) is 3.24. The standard InChI is InChI=1S/C25H30N4O4S/c1-14-9-16(11-17(10-14)28-23-26-8-6-19(29-23)15(2)30)20-12-27-22(34-20)25(33)7-5-18(21(31)32)24(3,4)13-25/h6,8-12,15,18,30,33H,5,7,13H2,1-4H3,(H,31,32)(H,26,28,29)/t15-,18-,25-/m1/s1. The number of benzene rings is 1. The molecular formula is C25H30N4O4S. The highest BCUT2D eigenvalue weighted by Crippen LogP contribution is 2.50. The molecule has 0 bridgehead atoms. The number of aliphatic hydroxyl groups excluding tert-OH is 1. The Labute approximate surface area is 202 Å². The normalized spacial score (nSPS) is 22.8. The van der Waals surface area contributed by atoms with Crippen molar-refractivity contribution >= 4 is 28.9 Å². The fourth-order valence-corrected chi connectivity index (χ4v) is 5.81. The first kappa shape index (κ1) is 24.3. The van der Waals surface area contributed by atoms with Gasteiger partial charge in [-0.3, -0.25) is 4.79 Å². The maximum atomic E-state index is 11.6. The van der Waals surface area contributed by atoms with E-state index in [-0.39, 0.29) is 0 Å². The number of carboxylic acid groups (broad SMARTS) is 1. The van der Waals surface area contributed by atoms with Crippen molar-refractivity contribution in [3.8, 4) is 10.4 Å². The Morgan fingerprint density at radius 2 is 2.03 bits per heavy atom. The van der Waals surface area contributed by atoms with E-state index in [0.29, 0.717) is 35.9 Å². The van der Waals surface area contributed by atoms with E-state index in [1.54, 1.807) is 25.4 Å². The van der Waals surface area contributed by atoms with E-state index < -0.39 is 29.0 Å². The number of hydrogen-bond acceptors (Lipinski definition) is 8. The van der Waals surface area contributed by atoms with Gasteiger partial charge in [-0.2, -0.15) is 0 Å². The third kappa shape index (κ3) is 4.96. The van der Waals surface area contributed by atoms with Gasteiger partial charge in [0.1, 0.15) is 10.6 Å². The number of hydrogen-bond donors (Lipinski definition) is 4. The minimum atomic E-state index is -1.14. The summed E-state index contributed by atoms with van der Waals surface area (Å²) in [4.78, 5) is 25.7. The number of aryl methyl sites for hydroxylation is 1. The molecular weight excluding hydrogens is 452 g/mol. The van der Waals surface area contributed by atoms with E-state index in [9.17, 15) is 20.1 Å². The first-order valence-corrected chi connectivity index (χ1v) is 12.1. The van der Waals surface area contributed by atoms with E-state index in [2.05, 4.69) is 20.3 Å². The minimum absolute atomic E-state index is 0.349. The van der Waals surface area contributed by atoms with E-state index >= 15 is 0 Å². The van der Waals surface area contributed by atoms with Gasteiger partial charge >= 0.3 is 5.97 Å². The zero-order valence-corrected chi connectivity index (χ0v) is 20.6. The van der Waals surface area contributed by atoms with Gasteiger partial charge in [-0.1, -0.05) is 19.9 Å². The number of nitrogens with zero attached hydrogens (tertiary/aromatic N) is 3. The lowest BCUT2D eigenvalue weighted by atomic mass is 9.63. The molecule has 9 heteroatoms. The molecule has 34 heavy (non-hydrogen) atoms. The first-order valence-electron chi connectivity index (χ1n) is 11.3. The minimum Gasteiger partial charge on any atom is -0.481 e. The van der Waals surface area contributed by atoms with Gasteiger partial charge in [0.15, 0.2) is 0 Å². The molecule has 3 atom stereocenters. The molecule has 1 aliphatic carbocycles. The monoisotopic (exact) mass is 482 g/mol. The predicted molar refractivity (Wildman–Crippen MR) is 131 cm³/mol. The summed E-state index contributed by atoms with van der Waals surface area (Å²) in [6.07, 6.45) is 3.81. The Balaban J connectivity index is 1.59. The molecule has 1 aromatic carbocycles. The fraction of sp³-hybridized carbons (Fsp3) is 0.440. The molecule has 0 aliphatic heterocycles. The Hall–Kier alpha value is -2.88. The van der Waals surface area contributed by atoms with E-state index in [4.69, 9.17) is 0 Å². The number of aliphatic carboxylic acids is 1. The van der Waals surface area contributed by atoms with Crippen LogP contribution in [0.5, 0.6) is 0 Å². The predicted octanol–water partition coefficient (Wildman–Crippen LogP) is 4.80. The molecule has 180 valence electrons. The summed E-state index contributed by atoms with van der Waals surface area (Å²) in [5.74, 6) is -0.895. The molecule has 0 amide bonds. The number of anilines is 2. The molecule has 4 N–H and O–H groups in total. The fourth-order valence-electron chi connectivity index (χ4n) is 4.79. The van der Waals surface area contributed by atoms with Crippen molar-refractivity contribution in [2.75, 3.05) is 5.32 Å². The topological polar surface area (TPSA) is 128 Å². The van der Waals surface area contributed by atoms with Crippen molar-refractivity contribution in [1.29, 1.82) is 0 Å². The molecule has 3 aromatic rings. The second-order valence-corrected chi connectivity index (χ2v) is 10.9. The van der Waals surface area contributed by atoms with Crippen molar-refractivity contribution in [1.82, 2.24) is 15.0 Å². The van der Waals surface area contributed by atoms with Crippen LogP contribution in [-0.2, 0) is 10.4 Å². The summed E-state index contributed by atoms with van der Waals surface area (Å²) in [5, 5.41) is 34.6. The molecule has 1 saturated carbocycles. The average molecular weight is 483 g/mol. The number of aromatic nitrogens is 3. The highest BCUT2D eigenvalue weighted by molar-refractivity contribution is 7.15. The van der Waals surface area contributed by atoms with Gasteiger partial charge in [-0.05, 0) is 67.9 Å². The van der Waals surface area contributed by atoms with Crippen LogP contribution in [0.1, 0.15) is 62.4 Å². The Kier molecular flexibility index (Phi) is 6.46. The zero-order valence-electron chi connectivity index (χ0n) is 19.7. The summed E-state index contributed by atoms with van der Waals surface area (Å²) in [7, 11) is 0. The lowest BCUT2D eigenvalue weighted by Gasteiger charge is -2.44. The van der Waals surface area contributed by atoms with E-state index in [0.717, 1.165) is 21.7 Å². The lowest BCUT2D eigenvalue weighted by Crippen LogP contribution is -2.44. The molecule has 0 spiro atoms. The van der Waals surface area contributed by atoms with Crippen molar-refractivity contribution in [2.45, 2.75) is 58.7 Å². The van der Waals surface area contributed by atoms with Crippen LogP contribution in [0.15, 0.2) is 36.7 Å². The maximum absolute atomic E-state index is 11.6. The first-order chi connectivity index (χ1) is 16.0. The third-order valence-corrected chi connectivity index (χ3v) is 7.70. The molecule has 2 heterocycles. The van der Waals surface area contributed by atoms with Crippen LogP contribution >= 0.6 is 11.3 Å². The largest absolute Gasteiger partial charge is 0.481 e. The third-order valence-electron chi connectivity index (χ3n) is 6.46. The Morgan fingerprint density at radius 3 is 2.71 bits per heavy atom. The van der Waals surface area contributed by atoms with Gasteiger partial charge in [0, 0.05) is 18.1 Å². The van der Waals surface area contributed by atoms with Crippen LogP contribution in [0.2, 0.25) is 0 Å². The quantitative estimate of drug-likeness (QED) is 0.394. The van der Waals surface area contributed by atoms with Gasteiger partial charge in [0.05, 0.1) is 22.6 Å². The summed E-state index contributed by atoms with van der Waals surface area (Å²) < 4.78 is 0. The van der Waals surface area contributed by atoms with Crippen molar-refractivity contribution in [3.05, 3.63) is 52.9 Å². The van der Waals surface area contributed by atoms with Gasteiger partial charge < -0.3 is 20.6 Å². The Morgan fingerprint density at radius 1 is 1.26 bits per heavy atom. The summed E-state index contributed by atoms with van der Waals surface area (Å²) in [5.41, 5.74) is 1.63. The smallest absolute Gasteiger partial charge is 0.307 e. The van der Waals surface area contributed by atoms with E-state index in [1.165, 1.54) is 11.3 Å². The molecule has 0 saturated heterocycles. The van der Waals surface area contributed by atoms with Crippen molar-refractivity contribution < 1.29 is 20.1 Å². The van der Waals surface area contributed by atoms with Gasteiger partial charge in [-0.15, -0.1) is 11.3 Å². The SMILES string of the molecule is Cc1cc(Nc2nccc([C@@H](C)O)n2)cc(-c2cnc([C@@]3(O)CC[C@H](C(=O)O)C(C)(C)C3)s2)c1. The molecule has 0 radical (unpaired) electrons. The molecule has 8 nitrogen and oxygen atoms in total. The highest BCUT2D eigenvalue weighted by atomic mass is 32.1. The zero-order chi connectivity index (χ0) is 24.7. The number of aliphatic hydroxyl groups is 2. The molecule has 2 aromatic heterocycles. The van der Waals surface area contributed by atoms with Gasteiger partial charge in [0.25, 0.3) is 0 Å². The van der Waals surface area contributed by atoms with Crippen LogP contribution in [-0.4, -0.2) is 36.2 Å². The summed E-state index contributed by atoms with van der Waals surface area (Å²) >= 11 is 1.43. The van der Waals surface area contributed by atoms with Crippen LogP contribution in [0.3, 0.4) is 0 Å². The number of carboxylic acids is 1. The van der Waals surface area contributed by atoms with Gasteiger partial charge in [-0.25, -0.2) is 15.0 Å². The number of thiazole rings is 1. The van der Waals surface area contributed by atoms with Crippen molar-refractivity contribution in [2.24, 2.45) is 11.3 Å². The number of rotatable bonds is 6. The Bertz CT molecular complexity index is 1210. The second-order valence-electron chi connectivity index (χ2n) is 9.85. The summed E-state index contributed by atoms with van der Waals surface area (Å²) in [6, 6.07) is 7.67. The van der Waals surface area contributed by atoms with Crippen LogP contribution in [0, 0.1) is 18.3 Å². The second kappa shape index (κ2) is 9.05. The molecule has 0 unspecified atom stereocenters. The molecule has 1 aliphatic rings. The lowest BCUT2D eigenvalue weighted by molar-refractivity contribution is -0.154. The number of nitrogens with one attached hydrogen (secondary N) is 1. The molecule has 1 fully saturated rings. The highest BCUT2D eigenvalue weighted by Gasteiger charge is 2.49. The van der Waals surface area contributed by atoms with Crippen LogP contribution < -0.4 is 5.32 Å². The number of carbonyl (C=O) groups is 1. The van der Waals surface area contributed by atoms with Crippen LogP contribution in [0.25, 0.3) is 10.4 Å². The maximum Gasteiger partial charge on any atom is 0.307 e. The van der Waals surface area contributed by atoms with Gasteiger partial charge in [0.2, 0.25) is 5.95 Å². The van der Waals surface area contributed by atoms with Crippen molar-refractivity contribution in [3.63, 3.8) is 0 Å². The summed E-state index contributed by atoms with van der Waals surface area (Å²) in [6.45, 7) is 7.45. The van der Waals surface area contributed by atoms with E-state index in [1.807, 2.05) is 39.0 Å².